The Bertz CT molecular complexity index is 1600. The number of thioether (sulfide) groups is 1. The van der Waals surface area contributed by atoms with Crippen molar-refractivity contribution in [3.05, 3.63) is 82.2 Å². The Hall–Kier alpha value is -3.52. The van der Waals surface area contributed by atoms with E-state index in [4.69, 9.17) is 0 Å². The standard InChI is InChI=1S/C32H38N6OS/c1-20-14-26(21(2)35-29-8-6-7-9-30(29)40-5)27-16-31(36(4)32(39)28(27)15-20)38-23-10-11-24(38)19-37(13-12-23)25-17-33-22(3)34-18-25/h6-9,14-18,21,23-24,35H,10-13,19H2,1-5H3/t21-,23?,24?/m1/s1. The summed E-state index contributed by atoms with van der Waals surface area (Å²) in [6.45, 7) is 8.06. The van der Waals surface area contributed by atoms with Gasteiger partial charge in [0.15, 0.2) is 0 Å². The lowest BCUT2D eigenvalue weighted by molar-refractivity contribution is 0.605. The van der Waals surface area contributed by atoms with E-state index >= 15 is 0 Å². The van der Waals surface area contributed by atoms with Crippen molar-refractivity contribution in [1.82, 2.24) is 14.5 Å². The number of aromatic nitrogens is 3. The van der Waals surface area contributed by atoms with Gasteiger partial charge in [-0.3, -0.25) is 9.36 Å². The minimum Gasteiger partial charge on any atom is -0.378 e. The number of anilines is 3. The first-order valence-corrected chi connectivity index (χ1v) is 15.4. The molecule has 2 aliphatic rings. The molecule has 2 fully saturated rings. The van der Waals surface area contributed by atoms with Crippen molar-refractivity contribution in [2.75, 3.05) is 34.5 Å². The summed E-state index contributed by atoms with van der Waals surface area (Å²) in [6.07, 6.45) is 9.29. The maximum atomic E-state index is 13.9. The highest BCUT2D eigenvalue weighted by molar-refractivity contribution is 7.98. The first-order valence-electron chi connectivity index (χ1n) is 14.2. The maximum Gasteiger partial charge on any atom is 0.259 e. The van der Waals surface area contributed by atoms with Crippen LogP contribution in [0.25, 0.3) is 10.8 Å². The second kappa shape index (κ2) is 10.8. The van der Waals surface area contributed by atoms with Crippen LogP contribution in [0.4, 0.5) is 17.2 Å². The van der Waals surface area contributed by atoms with Crippen LogP contribution in [0, 0.1) is 13.8 Å². The first-order chi connectivity index (χ1) is 19.3. The largest absolute Gasteiger partial charge is 0.378 e. The number of nitrogens with one attached hydrogen (secondary N) is 1. The van der Waals surface area contributed by atoms with E-state index in [1.165, 1.54) is 4.90 Å². The van der Waals surface area contributed by atoms with Crippen molar-refractivity contribution >= 4 is 39.7 Å². The summed E-state index contributed by atoms with van der Waals surface area (Å²) in [6, 6.07) is 15.7. The molecule has 0 amide bonds. The molecule has 0 aliphatic carbocycles. The van der Waals surface area contributed by atoms with Gasteiger partial charge in [-0.15, -0.1) is 11.8 Å². The van der Waals surface area contributed by atoms with Crippen molar-refractivity contribution < 1.29 is 0 Å². The van der Waals surface area contributed by atoms with Gasteiger partial charge >= 0.3 is 0 Å². The Morgan fingerprint density at radius 1 is 1.00 bits per heavy atom. The van der Waals surface area contributed by atoms with E-state index in [2.05, 4.69) is 81.6 Å². The molecule has 0 saturated carbocycles. The van der Waals surface area contributed by atoms with Gasteiger partial charge in [0.1, 0.15) is 11.6 Å². The Labute approximate surface area is 240 Å². The highest BCUT2D eigenvalue weighted by Crippen LogP contribution is 2.38. The zero-order valence-electron chi connectivity index (χ0n) is 24.0. The number of benzene rings is 2. The summed E-state index contributed by atoms with van der Waals surface area (Å²) in [5.41, 5.74) is 4.53. The fourth-order valence-corrected chi connectivity index (χ4v) is 7.15. The molecule has 3 atom stereocenters. The SMILES string of the molecule is CSc1ccccc1N[C@H](C)c1cc(C)cc2c(=O)n(C)c(N3C4CCC3CN(c3cnc(C)nc3)CC4)cc12. The van der Waals surface area contributed by atoms with E-state index in [9.17, 15) is 4.79 Å². The van der Waals surface area contributed by atoms with Gasteiger partial charge in [0, 0.05) is 54.2 Å². The normalized spacial score (nSPS) is 19.6. The lowest BCUT2D eigenvalue weighted by atomic mass is 9.97. The summed E-state index contributed by atoms with van der Waals surface area (Å²) in [5.74, 6) is 1.81. The van der Waals surface area contributed by atoms with Crippen molar-refractivity contribution in [1.29, 1.82) is 0 Å². The van der Waals surface area contributed by atoms with Crippen LogP contribution in [-0.2, 0) is 7.05 Å². The number of hydrogen-bond donors (Lipinski definition) is 1. The monoisotopic (exact) mass is 554 g/mol. The summed E-state index contributed by atoms with van der Waals surface area (Å²) >= 11 is 1.74. The van der Waals surface area contributed by atoms with E-state index in [1.54, 1.807) is 11.8 Å². The average Bonchev–Trinajstić information content (AvgIpc) is 3.24. The highest BCUT2D eigenvalue weighted by Gasteiger charge is 2.39. The summed E-state index contributed by atoms with van der Waals surface area (Å²) in [4.78, 5) is 29.0. The molecular formula is C32H38N6OS. The number of para-hydroxylation sites is 1. The molecule has 0 radical (unpaired) electrons. The number of rotatable bonds is 6. The smallest absolute Gasteiger partial charge is 0.259 e. The molecule has 40 heavy (non-hydrogen) atoms. The summed E-state index contributed by atoms with van der Waals surface area (Å²) < 4.78 is 1.88. The molecule has 2 aromatic carbocycles. The number of nitrogens with zero attached hydrogens (tertiary/aromatic N) is 5. The Morgan fingerprint density at radius 3 is 2.52 bits per heavy atom. The molecule has 2 unspecified atom stereocenters. The van der Waals surface area contributed by atoms with E-state index in [-0.39, 0.29) is 11.6 Å². The molecule has 7 nitrogen and oxygen atoms in total. The molecule has 4 heterocycles. The summed E-state index contributed by atoms with van der Waals surface area (Å²) in [5, 5.41) is 5.56. The lowest BCUT2D eigenvalue weighted by Gasteiger charge is -2.33. The Balaban J connectivity index is 1.40. The van der Waals surface area contributed by atoms with Crippen LogP contribution in [0.5, 0.6) is 0 Å². The van der Waals surface area contributed by atoms with Crippen LogP contribution < -0.4 is 20.7 Å². The number of aryl methyl sites for hydroxylation is 2. The fourth-order valence-electron chi connectivity index (χ4n) is 6.59. The predicted molar refractivity (Wildman–Crippen MR) is 167 cm³/mol. The third-order valence-electron chi connectivity index (χ3n) is 8.63. The molecule has 8 heteroatoms. The van der Waals surface area contributed by atoms with E-state index in [0.29, 0.717) is 12.1 Å². The second-order valence-electron chi connectivity index (χ2n) is 11.3. The maximum absolute atomic E-state index is 13.9. The first kappa shape index (κ1) is 26.7. The van der Waals surface area contributed by atoms with E-state index < -0.39 is 0 Å². The third-order valence-corrected chi connectivity index (χ3v) is 9.43. The van der Waals surface area contributed by atoms with Gasteiger partial charge in [-0.1, -0.05) is 18.2 Å². The molecule has 6 rings (SSSR count). The van der Waals surface area contributed by atoms with Crippen molar-refractivity contribution in [2.45, 2.75) is 63.1 Å². The lowest BCUT2D eigenvalue weighted by Crippen LogP contribution is -2.42. The molecule has 0 spiro atoms. The van der Waals surface area contributed by atoms with Crippen molar-refractivity contribution in [2.24, 2.45) is 7.05 Å². The van der Waals surface area contributed by atoms with Gasteiger partial charge < -0.3 is 15.1 Å². The Morgan fingerprint density at radius 2 is 1.75 bits per heavy atom. The van der Waals surface area contributed by atoms with Crippen molar-refractivity contribution in [3.63, 3.8) is 0 Å². The zero-order chi connectivity index (χ0) is 28.0. The van der Waals surface area contributed by atoms with Gasteiger partial charge in [0.2, 0.25) is 0 Å². The van der Waals surface area contributed by atoms with Crippen molar-refractivity contribution in [3.8, 4) is 0 Å². The molecule has 2 saturated heterocycles. The van der Waals surface area contributed by atoms with Crippen LogP contribution in [0.1, 0.15) is 49.2 Å². The quantitative estimate of drug-likeness (QED) is 0.290. The molecule has 4 aromatic rings. The molecule has 2 bridgehead atoms. The van der Waals surface area contributed by atoms with Crippen LogP contribution in [0.2, 0.25) is 0 Å². The zero-order valence-corrected chi connectivity index (χ0v) is 24.8. The molecule has 2 aromatic heterocycles. The number of fused-ring (bicyclic) bond motifs is 3. The van der Waals surface area contributed by atoms with Crippen LogP contribution in [0.3, 0.4) is 0 Å². The van der Waals surface area contributed by atoms with Crippen LogP contribution in [-0.4, -0.2) is 46.0 Å². The molecule has 1 N–H and O–H groups in total. The number of hydrogen-bond acceptors (Lipinski definition) is 7. The fraction of sp³-hybridized carbons (Fsp3) is 0.406. The summed E-state index contributed by atoms with van der Waals surface area (Å²) in [7, 11) is 1.94. The van der Waals surface area contributed by atoms with Gasteiger partial charge in [0.05, 0.1) is 18.1 Å². The van der Waals surface area contributed by atoms with Crippen LogP contribution >= 0.6 is 11.8 Å². The molecule has 208 valence electrons. The molecule has 2 aliphatic heterocycles. The predicted octanol–water partition coefficient (Wildman–Crippen LogP) is 6.09. The average molecular weight is 555 g/mol. The highest BCUT2D eigenvalue weighted by atomic mass is 32.2. The third kappa shape index (κ3) is 4.83. The van der Waals surface area contributed by atoms with Crippen LogP contribution in [0.15, 0.2) is 64.5 Å². The molecular weight excluding hydrogens is 516 g/mol. The Kier molecular flexibility index (Phi) is 7.21. The van der Waals surface area contributed by atoms with Gasteiger partial charge in [-0.2, -0.15) is 0 Å². The minimum absolute atomic E-state index is 0.0357. The van der Waals surface area contributed by atoms with E-state index in [0.717, 1.165) is 77.3 Å². The van der Waals surface area contributed by atoms with Gasteiger partial charge in [-0.25, -0.2) is 9.97 Å². The van der Waals surface area contributed by atoms with Gasteiger partial charge in [-0.05, 0) is 87.1 Å². The van der Waals surface area contributed by atoms with Gasteiger partial charge in [0.25, 0.3) is 5.56 Å². The minimum atomic E-state index is 0.0357. The number of pyridine rings is 1. The van der Waals surface area contributed by atoms with E-state index in [1.807, 2.05) is 37.0 Å². The second-order valence-corrected chi connectivity index (χ2v) is 12.1. The topological polar surface area (TPSA) is 66.3 Å².